The molecule has 4 aromatic rings. The highest BCUT2D eigenvalue weighted by Gasteiger charge is 2.20. The molecule has 0 unspecified atom stereocenters. The summed E-state index contributed by atoms with van der Waals surface area (Å²) in [5.41, 5.74) is 2.52. The molecule has 1 N–H and O–H groups in total. The Kier molecular flexibility index (Phi) is 7.19. The summed E-state index contributed by atoms with van der Waals surface area (Å²) in [6, 6.07) is 19.4. The summed E-state index contributed by atoms with van der Waals surface area (Å²) in [7, 11) is 1.63. The van der Waals surface area contributed by atoms with Gasteiger partial charge in [0.15, 0.2) is 0 Å². The Hall–Kier alpha value is -3.51. The van der Waals surface area contributed by atoms with Crippen molar-refractivity contribution < 1.29 is 14.2 Å². The molecule has 35 heavy (non-hydrogen) atoms. The van der Waals surface area contributed by atoms with E-state index in [-0.39, 0.29) is 6.10 Å². The maximum Gasteiger partial charge on any atom is 0.145 e. The molecule has 0 amide bonds. The fraction of sp³-hybridized carbons (Fsp3) is 0.286. The van der Waals surface area contributed by atoms with E-state index in [1.807, 2.05) is 54.6 Å². The first-order valence-electron chi connectivity index (χ1n) is 11.9. The Morgan fingerprint density at radius 2 is 1.77 bits per heavy atom. The molecule has 0 radical (unpaired) electrons. The van der Waals surface area contributed by atoms with Gasteiger partial charge in [0.1, 0.15) is 36.0 Å². The molecule has 5 rings (SSSR count). The number of hydrogen-bond donors (Lipinski definition) is 1. The number of nitrogens with zero attached hydrogens (tertiary/aromatic N) is 2. The zero-order valence-corrected chi connectivity index (χ0v) is 20.4. The Balaban J connectivity index is 1.52. The van der Waals surface area contributed by atoms with E-state index in [2.05, 4.69) is 15.3 Å². The van der Waals surface area contributed by atoms with Gasteiger partial charge in [0, 0.05) is 18.2 Å². The van der Waals surface area contributed by atoms with Crippen LogP contribution in [0.25, 0.3) is 10.9 Å². The predicted molar refractivity (Wildman–Crippen MR) is 139 cm³/mol. The minimum absolute atomic E-state index is 0.157. The summed E-state index contributed by atoms with van der Waals surface area (Å²) in [4.78, 5) is 9.07. The van der Waals surface area contributed by atoms with Gasteiger partial charge in [0.05, 0.1) is 34.8 Å². The molecule has 0 spiro atoms. The van der Waals surface area contributed by atoms with E-state index in [1.165, 1.54) is 25.6 Å². The average Bonchev–Trinajstić information content (AvgIpc) is 2.90. The molecule has 7 heteroatoms. The minimum atomic E-state index is 0.157. The summed E-state index contributed by atoms with van der Waals surface area (Å²) in [5.74, 6) is 2.73. The van der Waals surface area contributed by atoms with Crippen LogP contribution >= 0.6 is 11.6 Å². The van der Waals surface area contributed by atoms with E-state index in [1.54, 1.807) is 13.2 Å². The first-order chi connectivity index (χ1) is 17.2. The summed E-state index contributed by atoms with van der Waals surface area (Å²) < 4.78 is 18.1. The third-order valence-electron chi connectivity index (χ3n) is 6.20. The van der Waals surface area contributed by atoms with Crippen LogP contribution in [-0.4, -0.2) is 23.2 Å². The molecule has 180 valence electrons. The van der Waals surface area contributed by atoms with Crippen LogP contribution < -0.4 is 19.5 Å². The Labute approximate surface area is 210 Å². The number of ether oxygens (including phenoxy) is 3. The average molecular weight is 490 g/mol. The summed E-state index contributed by atoms with van der Waals surface area (Å²) in [6.07, 6.45) is 7.37. The summed E-state index contributed by atoms with van der Waals surface area (Å²) >= 11 is 6.46. The Morgan fingerprint density at radius 3 is 2.57 bits per heavy atom. The second-order valence-corrected chi connectivity index (χ2v) is 9.07. The first-order valence-corrected chi connectivity index (χ1v) is 12.3. The van der Waals surface area contributed by atoms with Crippen LogP contribution in [0.15, 0.2) is 67.0 Å². The number of benzene rings is 3. The van der Waals surface area contributed by atoms with Gasteiger partial charge >= 0.3 is 0 Å². The van der Waals surface area contributed by atoms with Crippen molar-refractivity contribution in [3.63, 3.8) is 0 Å². The van der Waals surface area contributed by atoms with Crippen LogP contribution in [0.2, 0.25) is 5.02 Å². The van der Waals surface area contributed by atoms with Crippen molar-refractivity contribution in [3.05, 3.63) is 77.6 Å². The second kappa shape index (κ2) is 10.8. The molecule has 0 atom stereocenters. The van der Waals surface area contributed by atoms with Gasteiger partial charge in [0.2, 0.25) is 0 Å². The molecule has 6 nitrogen and oxygen atoms in total. The molecule has 3 aromatic carbocycles. The van der Waals surface area contributed by atoms with Crippen LogP contribution in [0.1, 0.15) is 37.7 Å². The van der Waals surface area contributed by atoms with Gasteiger partial charge in [-0.3, -0.25) is 0 Å². The number of aromatic nitrogens is 2. The monoisotopic (exact) mass is 489 g/mol. The smallest absolute Gasteiger partial charge is 0.145 e. The molecule has 0 bridgehead atoms. The van der Waals surface area contributed by atoms with E-state index >= 15 is 0 Å². The van der Waals surface area contributed by atoms with Crippen LogP contribution in [0.3, 0.4) is 0 Å². The number of anilines is 2. The first kappa shape index (κ1) is 23.2. The maximum absolute atomic E-state index is 6.56. The largest absolute Gasteiger partial charge is 0.497 e. The quantitative estimate of drug-likeness (QED) is 0.279. The molecule has 1 fully saturated rings. The zero-order valence-electron chi connectivity index (χ0n) is 19.7. The van der Waals surface area contributed by atoms with Crippen molar-refractivity contribution in [1.82, 2.24) is 9.97 Å². The molecule has 1 saturated carbocycles. The number of nitrogens with one attached hydrogen (secondary N) is 1. The van der Waals surface area contributed by atoms with Crippen LogP contribution in [-0.2, 0) is 6.61 Å². The van der Waals surface area contributed by atoms with Gasteiger partial charge in [0.25, 0.3) is 0 Å². The van der Waals surface area contributed by atoms with Gasteiger partial charge in [-0.15, -0.1) is 0 Å². The van der Waals surface area contributed by atoms with Gasteiger partial charge in [-0.1, -0.05) is 48.4 Å². The Morgan fingerprint density at radius 1 is 0.943 bits per heavy atom. The normalized spacial score (nSPS) is 14.0. The van der Waals surface area contributed by atoms with Gasteiger partial charge in [-0.25, -0.2) is 9.97 Å². The number of rotatable bonds is 8. The van der Waals surface area contributed by atoms with Crippen molar-refractivity contribution in [3.8, 4) is 17.2 Å². The fourth-order valence-corrected chi connectivity index (χ4v) is 4.52. The SMILES string of the molecule is COc1ccc(Cl)c(Nc2ncnc3cc(OCc4ccccc4)cc(OC4CCCCC4)c23)c1. The highest BCUT2D eigenvalue weighted by Crippen LogP contribution is 2.39. The van der Waals surface area contributed by atoms with E-state index in [0.29, 0.717) is 40.4 Å². The number of fused-ring (bicyclic) bond motifs is 1. The molecule has 0 aliphatic heterocycles. The second-order valence-electron chi connectivity index (χ2n) is 8.66. The van der Waals surface area contributed by atoms with E-state index in [0.717, 1.165) is 29.3 Å². The summed E-state index contributed by atoms with van der Waals surface area (Å²) in [5, 5.41) is 4.72. The van der Waals surface area contributed by atoms with Crippen molar-refractivity contribution in [1.29, 1.82) is 0 Å². The van der Waals surface area contributed by atoms with Crippen LogP contribution in [0.4, 0.5) is 11.5 Å². The predicted octanol–water partition coefficient (Wildman–Crippen LogP) is 7.33. The lowest BCUT2D eigenvalue weighted by molar-refractivity contribution is 0.156. The van der Waals surface area contributed by atoms with Crippen molar-refractivity contribution in [2.45, 2.75) is 44.8 Å². The van der Waals surface area contributed by atoms with E-state index in [9.17, 15) is 0 Å². The fourth-order valence-electron chi connectivity index (χ4n) is 4.36. The Bertz CT molecular complexity index is 1290. The lowest BCUT2D eigenvalue weighted by Crippen LogP contribution is -2.20. The van der Waals surface area contributed by atoms with E-state index in [4.69, 9.17) is 25.8 Å². The zero-order chi connectivity index (χ0) is 24.0. The number of hydrogen-bond acceptors (Lipinski definition) is 6. The third-order valence-corrected chi connectivity index (χ3v) is 6.53. The lowest BCUT2D eigenvalue weighted by Gasteiger charge is -2.24. The highest BCUT2D eigenvalue weighted by atomic mass is 35.5. The highest BCUT2D eigenvalue weighted by molar-refractivity contribution is 6.33. The molecular weight excluding hydrogens is 462 g/mol. The molecular formula is C28H28ClN3O3. The van der Waals surface area contributed by atoms with Crippen LogP contribution in [0.5, 0.6) is 17.2 Å². The van der Waals surface area contributed by atoms with Crippen molar-refractivity contribution >= 4 is 34.0 Å². The van der Waals surface area contributed by atoms with Gasteiger partial charge < -0.3 is 19.5 Å². The maximum atomic E-state index is 6.56. The van der Waals surface area contributed by atoms with Crippen molar-refractivity contribution in [2.75, 3.05) is 12.4 Å². The van der Waals surface area contributed by atoms with Gasteiger partial charge in [-0.05, 0) is 43.4 Å². The minimum Gasteiger partial charge on any atom is -0.497 e. The molecule has 1 aliphatic rings. The lowest BCUT2D eigenvalue weighted by atomic mass is 9.98. The molecule has 1 aliphatic carbocycles. The number of methoxy groups -OCH3 is 1. The molecule has 1 heterocycles. The topological polar surface area (TPSA) is 65.5 Å². The molecule has 1 aromatic heterocycles. The van der Waals surface area contributed by atoms with E-state index < -0.39 is 0 Å². The summed E-state index contributed by atoms with van der Waals surface area (Å²) in [6.45, 7) is 0.463. The van der Waals surface area contributed by atoms with Gasteiger partial charge in [-0.2, -0.15) is 0 Å². The van der Waals surface area contributed by atoms with Crippen molar-refractivity contribution in [2.24, 2.45) is 0 Å². The number of halogens is 1. The molecule has 0 saturated heterocycles. The van der Waals surface area contributed by atoms with Crippen LogP contribution in [0, 0.1) is 0 Å². The standard InChI is InChI=1S/C28H28ClN3O3/c1-33-21-12-13-23(29)24(14-21)32-28-27-25(30-18-31-28)15-22(34-17-19-8-4-2-5-9-19)16-26(27)35-20-10-6-3-7-11-20/h2,4-5,8-9,12-16,18,20H,3,6-7,10-11,17H2,1H3,(H,30,31,32). The third kappa shape index (κ3) is 5.60.